The van der Waals surface area contributed by atoms with Gasteiger partial charge in [0.25, 0.3) is 0 Å². The average molecular weight is 512 g/mol. The van der Waals surface area contributed by atoms with Gasteiger partial charge in [-0.2, -0.15) is 0 Å². The second-order valence-electron chi connectivity index (χ2n) is 9.33. The number of phosphoric ester groups is 1. The maximum Gasteiger partial charge on any atom is 0.524 e. The summed E-state index contributed by atoms with van der Waals surface area (Å²) in [5, 5.41) is 4.25. The van der Waals surface area contributed by atoms with Crippen LogP contribution in [0, 0.1) is 6.92 Å². The first-order valence-electron chi connectivity index (χ1n) is 12.2. The Kier molecular flexibility index (Phi) is 7.66. The van der Waals surface area contributed by atoms with Crippen LogP contribution in [-0.4, -0.2) is 37.9 Å². The monoisotopic (exact) mass is 511 g/mol. The van der Waals surface area contributed by atoms with Crippen molar-refractivity contribution in [3.63, 3.8) is 0 Å². The minimum absolute atomic E-state index is 0.163. The Morgan fingerprint density at radius 2 is 1.97 bits per heavy atom. The number of fused-ring (bicyclic) bond motifs is 3. The van der Waals surface area contributed by atoms with E-state index in [1.165, 1.54) is 5.56 Å². The Balaban J connectivity index is 1.88. The van der Waals surface area contributed by atoms with E-state index >= 15 is 0 Å². The number of hydrogen-bond donors (Lipinski definition) is 4. The van der Waals surface area contributed by atoms with Crippen LogP contribution in [0.3, 0.4) is 0 Å². The van der Waals surface area contributed by atoms with Crippen molar-refractivity contribution in [3.8, 4) is 5.75 Å². The van der Waals surface area contributed by atoms with E-state index in [2.05, 4.69) is 40.8 Å². The third-order valence-electron chi connectivity index (χ3n) is 6.44. The zero-order valence-electron chi connectivity index (χ0n) is 21.2. The Bertz CT molecular complexity index is 1450. The molecule has 0 amide bonds. The quantitative estimate of drug-likeness (QED) is 0.226. The molecule has 0 aliphatic rings. The number of nitrogens with zero attached hydrogens (tertiary/aromatic N) is 3. The highest BCUT2D eigenvalue weighted by atomic mass is 31.2. The van der Waals surface area contributed by atoms with E-state index < -0.39 is 7.82 Å². The van der Waals surface area contributed by atoms with Crippen molar-refractivity contribution < 1.29 is 18.9 Å². The van der Waals surface area contributed by atoms with Gasteiger partial charge < -0.3 is 20.1 Å². The van der Waals surface area contributed by atoms with Crippen molar-refractivity contribution >= 4 is 35.6 Å². The van der Waals surface area contributed by atoms with Crippen LogP contribution >= 0.6 is 7.82 Å². The normalized spacial score (nSPS) is 12.9. The first-order valence-corrected chi connectivity index (χ1v) is 13.7. The predicted molar refractivity (Wildman–Crippen MR) is 143 cm³/mol. The van der Waals surface area contributed by atoms with Crippen LogP contribution in [0.15, 0.2) is 36.4 Å². The molecule has 4 aromatic rings. The predicted octanol–water partition coefficient (Wildman–Crippen LogP) is 4.66. The second kappa shape index (κ2) is 10.6. The average Bonchev–Trinajstić information content (AvgIpc) is 3.17. The number of benzene rings is 2. The summed E-state index contributed by atoms with van der Waals surface area (Å²) >= 11 is 0. The van der Waals surface area contributed by atoms with Gasteiger partial charge in [0.15, 0.2) is 5.82 Å². The number of nitrogens with one attached hydrogen (secondary N) is 1. The van der Waals surface area contributed by atoms with Gasteiger partial charge in [0.1, 0.15) is 17.1 Å². The molecule has 36 heavy (non-hydrogen) atoms. The molecule has 2 heterocycles. The standard InChI is InChI=1S/C26H34N5O4P/c1-5-6-7-23-30-24-25(20-13-19(17(3)14-28-4)9-10-21(20)29-26(24)27)31(23)15-18-8-11-22(16(2)12-18)35-36(32,33)34/h8-13,17,28H,5-7,14-15H2,1-4H3,(H2,27,29)(H2,32,33,34). The number of anilines is 1. The molecule has 0 bridgehead atoms. The molecule has 1 unspecified atom stereocenters. The molecule has 5 N–H and O–H groups in total. The molecule has 0 aliphatic heterocycles. The Hall–Kier alpha value is -2.97. The lowest BCUT2D eigenvalue weighted by molar-refractivity contribution is 0.282. The molecule has 0 saturated heterocycles. The van der Waals surface area contributed by atoms with Gasteiger partial charge in [-0.15, -0.1) is 0 Å². The van der Waals surface area contributed by atoms with E-state index in [0.29, 0.717) is 29.4 Å². The topological polar surface area (TPSA) is 136 Å². The van der Waals surface area contributed by atoms with Crippen LogP contribution in [0.1, 0.15) is 55.1 Å². The maximum atomic E-state index is 11.3. The Labute approximate surface area is 211 Å². The molecule has 192 valence electrons. The van der Waals surface area contributed by atoms with Crippen molar-refractivity contribution in [2.24, 2.45) is 0 Å². The molecule has 4 rings (SSSR count). The third-order valence-corrected chi connectivity index (χ3v) is 6.87. The lowest BCUT2D eigenvalue weighted by atomic mass is 9.98. The van der Waals surface area contributed by atoms with Crippen molar-refractivity contribution in [2.75, 3.05) is 19.3 Å². The molecule has 0 saturated carbocycles. The fourth-order valence-corrected chi connectivity index (χ4v) is 5.09. The second-order valence-corrected chi connectivity index (χ2v) is 10.5. The van der Waals surface area contributed by atoms with E-state index in [9.17, 15) is 14.4 Å². The molecule has 9 nitrogen and oxygen atoms in total. The lowest BCUT2D eigenvalue weighted by Crippen LogP contribution is -2.14. The number of nitrogen functional groups attached to an aromatic ring is 1. The van der Waals surface area contributed by atoms with Gasteiger partial charge in [0.2, 0.25) is 0 Å². The smallest absolute Gasteiger partial charge is 0.404 e. The van der Waals surface area contributed by atoms with Crippen LogP contribution in [0.25, 0.3) is 21.9 Å². The summed E-state index contributed by atoms with van der Waals surface area (Å²) < 4.78 is 18.3. The largest absolute Gasteiger partial charge is 0.524 e. The van der Waals surface area contributed by atoms with E-state index in [-0.39, 0.29) is 5.75 Å². The van der Waals surface area contributed by atoms with Crippen LogP contribution in [-0.2, 0) is 17.5 Å². The van der Waals surface area contributed by atoms with Gasteiger partial charge in [0, 0.05) is 24.9 Å². The van der Waals surface area contributed by atoms with Gasteiger partial charge >= 0.3 is 7.82 Å². The summed E-state index contributed by atoms with van der Waals surface area (Å²) in [7, 11) is -2.68. The SMILES string of the molecule is CCCCc1nc2c(N)nc3ccc(C(C)CNC)cc3c2n1Cc1ccc(OP(=O)(O)O)c(C)c1. The van der Waals surface area contributed by atoms with E-state index in [0.717, 1.165) is 53.6 Å². The summed E-state index contributed by atoms with van der Waals surface area (Å²) in [5.74, 6) is 1.84. The highest BCUT2D eigenvalue weighted by Crippen LogP contribution is 2.39. The number of hydrogen-bond acceptors (Lipinski definition) is 6. The molecular formula is C26H34N5O4P. The molecule has 0 fully saturated rings. The fourth-order valence-electron chi connectivity index (χ4n) is 4.62. The summed E-state index contributed by atoms with van der Waals surface area (Å²) in [4.78, 5) is 28.0. The summed E-state index contributed by atoms with van der Waals surface area (Å²) in [6.07, 6.45) is 2.84. The number of unbranched alkanes of at least 4 members (excludes halogenated alkanes) is 1. The van der Waals surface area contributed by atoms with E-state index in [1.807, 2.05) is 25.2 Å². The van der Waals surface area contributed by atoms with Gasteiger partial charge in [0.05, 0.1) is 11.0 Å². The molecular weight excluding hydrogens is 477 g/mol. The van der Waals surface area contributed by atoms with Gasteiger partial charge in [-0.1, -0.05) is 38.5 Å². The van der Waals surface area contributed by atoms with Gasteiger partial charge in [-0.05, 0) is 61.2 Å². The van der Waals surface area contributed by atoms with Gasteiger partial charge in [-0.3, -0.25) is 9.79 Å². The fraction of sp³-hybridized carbons (Fsp3) is 0.385. The Morgan fingerprint density at radius 3 is 2.64 bits per heavy atom. The number of imidazole rings is 1. The number of aryl methyl sites for hydroxylation is 2. The first kappa shape index (κ1) is 26.1. The highest BCUT2D eigenvalue weighted by molar-refractivity contribution is 7.46. The Morgan fingerprint density at radius 1 is 1.19 bits per heavy atom. The molecule has 2 aromatic heterocycles. The van der Waals surface area contributed by atoms with Gasteiger partial charge in [-0.25, -0.2) is 14.5 Å². The summed E-state index contributed by atoms with van der Waals surface area (Å²) in [5.41, 5.74) is 11.7. The van der Waals surface area contributed by atoms with Crippen molar-refractivity contribution in [3.05, 3.63) is 58.9 Å². The van der Waals surface area contributed by atoms with E-state index in [4.69, 9.17) is 15.2 Å². The van der Waals surface area contributed by atoms with Crippen molar-refractivity contribution in [1.82, 2.24) is 19.9 Å². The molecule has 0 spiro atoms. The lowest BCUT2D eigenvalue weighted by Gasteiger charge is -2.15. The number of rotatable bonds is 10. The number of phosphoric acid groups is 1. The molecule has 1 atom stereocenters. The van der Waals surface area contributed by atoms with Crippen LogP contribution in [0.4, 0.5) is 5.82 Å². The zero-order chi connectivity index (χ0) is 26.0. The minimum atomic E-state index is -4.63. The first-order chi connectivity index (χ1) is 17.1. The number of pyridine rings is 1. The molecule has 10 heteroatoms. The van der Waals surface area contributed by atoms with Crippen LogP contribution in [0.5, 0.6) is 5.75 Å². The number of likely N-dealkylation sites (N-methyl/N-ethyl adjacent to an activating group) is 1. The highest BCUT2D eigenvalue weighted by Gasteiger charge is 2.20. The maximum absolute atomic E-state index is 11.3. The number of nitrogens with two attached hydrogens (primary N) is 1. The van der Waals surface area contributed by atoms with E-state index in [1.54, 1.807) is 13.0 Å². The summed E-state index contributed by atoms with van der Waals surface area (Å²) in [6, 6.07) is 11.6. The third kappa shape index (κ3) is 5.55. The molecule has 0 radical (unpaired) electrons. The van der Waals surface area contributed by atoms with Crippen molar-refractivity contribution in [1.29, 1.82) is 0 Å². The number of aromatic nitrogens is 3. The van der Waals surface area contributed by atoms with Crippen molar-refractivity contribution in [2.45, 2.75) is 52.5 Å². The molecule has 2 aromatic carbocycles. The molecule has 0 aliphatic carbocycles. The van der Waals surface area contributed by atoms with Crippen LogP contribution < -0.4 is 15.6 Å². The summed E-state index contributed by atoms with van der Waals surface area (Å²) in [6.45, 7) is 7.50. The van der Waals surface area contributed by atoms with Crippen LogP contribution in [0.2, 0.25) is 0 Å². The zero-order valence-corrected chi connectivity index (χ0v) is 22.0. The minimum Gasteiger partial charge on any atom is -0.404 e.